The van der Waals surface area contributed by atoms with Gasteiger partial charge in [-0.1, -0.05) is 44.2 Å². The molecule has 51 heavy (non-hydrogen) atoms. The molecule has 0 saturated carbocycles. The summed E-state index contributed by atoms with van der Waals surface area (Å²) in [5.74, 6) is 0.644. The highest BCUT2D eigenvalue weighted by Crippen LogP contribution is 2.36. The van der Waals surface area contributed by atoms with Crippen molar-refractivity contribution in [3.63, 3.8) is 0 Å². The highest BCUT2D eigenvalue weighted by Gasteiger charge is 2.44. The fourth-order valence-electron chi connectivity index (χ4n) is 6.65. The van der Waals surface area contributed by atoms with E-state index in [2.05, 4.69) is 10.6 Å². The SMILES string of the molecule is CC(C)(CCNC(=O)O[C@@H]1CCOC1)CN(C[C@@H](O)[C@H](Cc1ccccc1)NC(=O)O[C@H]1CO[C@H]2OCC[C@H]21)S(=O)(=O)c1ccc2c(c1)OCO2. The first kappa shape index (κ1) is 37.1. The van der Waals surface area contributed by atoms with Crippen molar-refractivity contribution < 1.29 is 56.3 Å². The van der Waals surface area contributed by atoms with Gasteiger partial charge in [-0.2, -0.15) is 4.31 Å². The van der Waals surface area contributed by atoms with Crippen LogP contribution < -0.4 is 20.1 Å². The summed E-state index contributed by atoms with van der Waals surface area (Å²) >= 11 is 0. The number of nitrogens with one attached hydrogen (secondary N) is 2. The van der Waals surface area contributed by atoms with Crippen LogP contribution in [0.1, 0.15) is 38.7 Å². The standard InChI is InChI=1S/C35H47N3O12S/c1-35(2,12-13-36-33(40)49-24-10-14-44-19-24)21-38(51(42,43)25-8-9-29-30(17-25)48-22-47-29)18-28(39)27(16-23-6-4-3-5-7-23)37-34(41)50-31-20-46-32-26(31)11-15-45-32/h3-9,17,24,26-28,31-32,39H,10-16,18-22H2,1-2H3,(H,36,40)(H,37,41)/t24-,26+,27+,28-,31+,32-/m1/s1. The number of aliphatic hydroxyl groups excluding tert-OH is 1. The lowest BCUT2D eigenvalue weighted by molar-refractivity contribution is -0.0907. The van der Waals surface area contributed by atoms with Gasteiger partial charge in [0.25, 0.3) is 0 Å². The topological polar surface area (TPSA) is 180 Å². The van der Waals surface area contributed by atoms with E-state index in [9.17, 15) is 23.1 Å². The number of carbonyl (C=O) groups is 2. The number of hydrogen-bond acceptors (Lipinski definition) is 12. The van der Waals surface area contributed by atoms with Crippen molar-refractivity contribution in [3.05, 3.63) is 54.1 Å². The molecule has 6 atom stereocenters. The van der Waals surface area contributed by atoms with Crippen LogP contribution in [0.5, 0.6) is 11.5 Å². The van der Waals surface area contributed by atoms with Gasteiger partial charge >= 0.3 is 12.2 Å². The highest BCUT2D eigenvalue weighted by molar-refractivity contribution is 7.89. The molecule has 3 saturated heterocycles. The minimum Gasteiger partial charge on any atom is -0.454 e. The number of aliphatic hydroxyl groups is 1. The Morgan fingerprint density at radius 2 is 1.80 bits per heavy atom. The zero-order valence-electron chi connectivity index (χ0n) is 28.9. The second-order valence-corrected chi connectivity index (χ2v) is 16.0. The van der Waals surface area contributed by atoms with E-state index in [0.29, 0.717) is 50.6 Å². The lowest BCUT2D eigenvalue weighted by Crippen LogP contribution is -2.52. The highest BCUT2D eigenvalue weighted by atomic mass is 32.2. The Kier molecular flexibility index (Phi) is 11.9. The summed E-state index contributed by atoms with van der Waals surface area (Å²) in [6.45, 7) is 5.18. The second-order valence-electron chi connectivity index (χ2n) is 14.0. The fourth-order valence-corrected chi connectivity index (χ4v) is 8.31. The van der Waals surface area contributed by atoms with Crippen LogP contribution in [0.4, 0.5) is 9.59 Å². The number of benzene rings is 2. The molecule has 6 rings (SSSR count). The number of rotatable bonds is 15. The first-order valence-electron chi connectivity index (χ1n) is 17.3. The van der Waals surface area contributed by atoms with E-state index in [1.807, 2.05) is 44.2 Å². The molecule has 280 valence electrons. The van der Waals surface area contributed by atoms with Crippen molar-refractivity contribution in [2.75, 3.05) is 52.9 Å². The van der Waals surface area contributed by atoms with Crippen LogP contribution in [0.25, 0.3) is 0 Å². The maximum atomic E-state index is 14.3. The third kappa shape index (κ3) is 9.61. The normalized spacial score (nSPS) is 23.8. The second kappa shape index (κ2) is 16.3. The van der Waals surface area contributed by atoms with Crippen LogP contribution in [-0.4, -0.2) is 114 Å². The molecule has 4 heterocycles. The predicted molar refractivity (Wildman–Crippen MR) is 181 cm³/mol. The fraction of sp³-hybridized carbons (Fsp3) is 0.600. The number of fused-ring (bicyclic) bond motifs is 2. The van der Waals surface area contributed by atoms with Crippen LogP contribution in [0.2, 0.25) is 0 Å². The summed E-state index contributed by atoms with van der Waals surface area (Å²) in [6, 6.07) is 12.7. The van der Waals surface area contributed by atoms with Gasteiger partial charge in [-0.15, -0.1) is 0 Å². The third-order valence-corrected chi connectivity index (χ3v) is 11.3. The quantitative estimate of drug-likeness (QED) is 0.244. The van der Waals surface area contributed by atoms with E-state index in [1.165, 1.54) is 22.5 Å². The van der Waals surface area contributed by atoms with Gasteiger partial charge in [-0.05, 0) is 42.4 Å². The average molecular weight is 734 g/mol. The number of alkyl carbamates (subject to hydrolysis) is 2. The van der Waals surface area contributed by atoms with Crippen molar-refractivity contribution in [1.29, 1.82) is 0 Å². The third-order valence-electron chi connectivity index (χ3n) is 9.52. The maximum absolute atomic E-state index is 14.3. The molecule has 2 aromatic rings. The summed E-state index contributed by atoms with van der Waals surface area (Å²) in [4.78, 5) is 25.6. The van der Waals surface area contributed by atoms with Crippen LogP contribution in [0.3, 0.4) is 0 Å². The van der Waals surface area contributed by atoms with Gasteiger partial charge in [-0.25, -0.2) is 18.0 Å². The molecule has 0 bridgehead atoms. The molecular formula is C35H47N3O12S. The van der Waals surface area contributed by atoms with Crippen molar-refractivity contribution in [3.8, 4) is 11.5 Å². The number of amides is 2. The van der Waals surface area contributed by atoms with E-state index in [-0.39, 0.29) is 56.4 Å². The molecule has 16 heteroatoms. The lowest BCUT2D eigenvalue weighted by atomic mass is 9.89. The molecular weight excluding hydrogens is 686 g/mol. The maximum Gasteiger partial charge on any atom is 0.407 e. The van der Waals surface area contributed by atoms with E-state index >= 15 is 0 Å². The van der Waals surface area contributed by atoms with Crippen molar-refractivity contribution in [1.82, 2.24) is 14.9 Å². The number of nitrogens with zero attached hydrogens (tertiary/aromatic N) is 1. The molecule has 0 unspecified atom stereocenters. The summed E-state index contributed by atoms with van der Waals surface area (Å²) in [7, 11) is -4.23. The van der Waals surface area contributed by atoms with Crippen molar-refractivity contribution >= 4 is 22.2 Å². The van der Waals surface area contributed by atoms with Gasteiger partial charge in [0.1, 0.15) is 12.2 Å². The number of ether oxygens (including phenoxy) is 7. The van der Waals surface area contributed by atoms with E-state index < -0.39 is 52.2 Å². The molecule has 15 nitrogen and oxygen atoms in total. The Balaban J connectivity index is 1.18. The largest absolute Gasteiger partial charge is 0.454 e. The van der Waals surface area contributed by atoms with Gasteiger partial charge < -0.3 is 48.9 Å². The van der Waals surface area contributed by atoms with Crippen LogP contribution in [0, 0.1) is 11.3 Å². The Labute approximate surface area is 297 Å². The Morgan fingerprint density at radius 3 is 2.59 bits per heavy atom. The monoisotopic (exact) mass is 733 g/mol. The smallest absolute Gasteiger partial charge is 0.407 e. The van der Waals surface area contributed by atoms with Gasteiger partial charge in [-0.3, -0.25) is 0 Å². The van der Waals surface area contributed by atoms with Gasteiger partial charge in [0.15, 0.2) is 17.8 Å². The number of carbonyl (C=O) groups excluding carboxylic acids is 2. The Hall–Kier alpha value is -3.67. The molecule has 0 aliphatic carbocycles. The Bertz CT molecular complexity index is 1600. The summed E-state index contributed by atoms with van der Waals surface area (Å²) in [5, 5.41) is 17.3. The predicted octanol–water partition coefficient (Wildman–Crippen LogP) is 2.80. The average Bonchev–Trinajstić information content (AvgIpc) is 3.92. The Morgan fingerprint density at radius 1 is 1.00 bits per heavy atom. The van der Waals surface area contributed by atoms with Crippen LogP contribution >= 0.6 is 0 Å². The molecule has 4 aliphatic rings. The van der Waals surface area contributed by atoms with Gasteiger partial charge in [0.05, 0.1) is 49.4 Å². The molecule has 2 amide bonds. The zero-order valence-corrected chi connectivity index (χ0v) is 29.7. The summed E-state index contributed by atoms with van der Waals surface area (Å²) < 4.78 is 68.3. The molecule has 3 fully saturated rings. The number of sulfonamides is 1. The minimum atomic E-state index is -4.23. The van der Waals surface area contributed by atoms with Gasteiger partial charge in [0.2, 0.25) is 16.8 Å². The molecule has 3 N–H and O–H groups in total. The van der Waals surface area contributed by atoms with Crippen molar-refractivity contribution in [2.45, 2.75) is 75.1 Å². The molecule has 0 aromatic heterocycles. The van der Waals surface area contributed by atoms with Crippen LogP contribution in [0.15, 0.2) is 53.4 Å². The molecule has 0 spiro atoms. The summed E-state index contributed by atoms with van der Waals surface area (Å²) in [5.41, 5.74) is 0.138. The van der Waals surface area contributed by atoms with Crippen molar-refractivity contribution in [2.24, 2.45) is 11.3 Å². The summed E-state index contributed by atoms with van der Waals surface area (Å²) in [6.07, 6.45) is -1.95. The van der Waals surface area contributed by atoms with E-state index in [1.54, 1.807) is 0 Å². The molecule has 0 radical (unpaired) electrons. The molecule has 4 aliphatic heterocycles. The van der Waals surface area contributed by atoms with Gasteiger partial charge in [0, 0.05) is 32.1 Å². The molecule has 2 aromatic carbocycles. The minimum absolute atomic E-state index is 0.0259. The first-order chi connectivity index (χ1) is 24.5. The van der Waals surface area contributed by atoms with E-state index in [4.69, 9.17) is 33.2 Å². The lowest BCUT2D eigenvalue weighted by Gasteiger charge is -2.35. The zero-order chi connectivity index (χ0) is 36.0. The van der Waals surface area contributed by atoms with E-state index in [0.717, 1.165) is 5.56 Å². The number of hydrogen-bond donors (Lipinski definition) is 3. The first-order valence-corrected chi connectivity index (χ1v) is 18.8. The van der Waals surface area contributed by atoms with Crippen LogP contribution in [-0.2, 0) is 40.1 Å².